The predicted octanol–water partition coefficient (Wildman–Crippen LogP) is 3.36. The number of hydrogen-bond acceptors (Lipinski definition) is 5. The molecule has 0 saturated carbocycles. The maximum Gasteiger partial charge on any atom is 0.145 e. The van der Waals surface area contributed by atoms with Crippen LogP contribution >= 0.6 is 0 Å². The van der Waals surface area contributed by atoms with Crippen LogP contribution in [0.2, 0.25) is 0 Å². The Morgan fingerprint density at radius 2 is 1.95 bits per heavy atom. The summed E-state index contributed by atoms with van der Waals surface area (Å²) in [7, 11) is 1.50. The molecule has 0 unspecified atom stereocenters. The minimum absolute atomic E-state index is 0.343. The van der Waals surface area contributed by atoms with Crippen LogP contribution in [0.1, 0.15) is 19.4 Å². The SMILES string of the molecule is CCNc1ncnc(Nc2ccc(F)cc2OC)c1CC. The maximum atomic E-state index is 13.2. The van der Waals surface area contributed by atoms with Gasteiger partial charge in [-0.25, -0.2) is 14.4 Å². The lowest BCUT2D eigenvalue weighted by Gasteiger charge is -2.15. The highest BCUT2D eigenvalue weighted by molar-refractivity contribution is 5.69. The quantitative estimate of drug-likeness (QED) is 0.854. The van der Waals surface area contributed by atoms with Crippen molar-refractivity contribution in [1.82, 2.24) is 9.97 Å². The van der Waals surface area contributed by atoms with Gasteiger partial charge in [0.2, 0.25) is 0 Å². The molecule has 0 aliphatic heterocycles. The van der Waals surface area contributed by atoms with Crippen LogP contribution in [0.3, 0.4) is 0 Å². The third kappa shape index (κ3) is 3.39. The van der Waals surface area contributed by atoms with Crippen molar-refractivity contribution in [3.05, 3.63) is 35.9 Å². The van der Waals surface area contributed by atoms with E-state index in [9.17, 15) is 4.39 Å². The van der Waals surface area contributed by atoms with Gasteiger partial charge in [0, 0.05) is 18.2 Å². The fraction of sp³-hybridized carbons (Fsp3) is 0.333. The molecule has 0 saturated heterocycles. The van der Waals surface area contributed by atoms with Crippen LogP contribution in [0.5, 0.6) is 5.75 Å². The zero-order valence-corrected chi connectivity index (χ0v) is 12.4. The van der Waals surface area contributed by atoms with E-state index < -0.39 is 0 Å². The van der Waals surface area contributed by atoms with Gasteiger partial charge in [-0.15, -0.1) is 0 Å². The largest absolute Gasteiger partial charge is 0.494 e. The zero-order chi connectivity index (χ0) is 15.2. The number of hydrogen-bond donors (Lipinski definition) is 2. The Morgan fingerprint density at radius 3 is 2.62 bits per heavy atom. The Hall–Kier alpha value is -2.37. The van der Waals surface area contributed by atoms with E-state index >= 15 is 0 Å². The Morgan fingerprint density at radius 1 is 1.19 bits per heavy atom. The van der Waals surface area contributed by atoms with Crippen LogP contribution < -0.4 is 15.4 Å². The number of ether oxygens (including phenoxy) is 1. The fourth-order valence-corrected chi connectivity index (χ4v) is 2.07. The van der Waals surface area contributed by atoms with E-state index in [0.29, 0.717) is 17.3 Å². The number of anilines is 3. The topological polar surface area (TPSA) is 59.1 Å². The molecule has 0 bridgehead atoms. The molecule has 1 aromatic carbocycles. The molecule has 1 aromatic heterocycles. The predicted molar refractivity (Wildman–Crippen MR) is 81.8 cm³/mol. The van der Waals surface area contributed by atoms with Gasteiger partial charge in [-0.05, 0) is 25.5 Å². The molecule has 0 atom stereocenters. The molecule has 2 rings (SSSR count). The van der Waals surface area contributed by atoms with Crippen molar-refractivity contribution < 1.29 is 9.13 Å². The number of rotatable bonds is 6. The standard InChI is InChI=1S/C15H19FN4O/c1-4-11-14(17-5-2)18-9-19-15(11)20-12-7-6-10(16)8-13(12)21-3/h6-9H,4-5H2,1-3H3,(H2,17,18,19,20). The molecule has 21 heavy (non-hydrogen) atoms. The summed E-state index contributed by atoms with van der Waals surface area (Å²) in [5.41, 5.74) is 1.64. The van der Waals surface area contributed by atoms with E-state index in [1.165, 1.54) is 25.6 Å². The summed E-state index contributed by atoms with van der Waals surface area (Å²) in [6.45, 7) is 4.83. The molecule has 2 N–H and O–H groups in total. The maximum absolute atomic E-state index is 13.2. The minimum Gasteiger partial charge on any atom is -0.494 e. The first-order chi connectivity index (χ1) is 10.2. The monoisotopic (exact) mass is 290 g/mol. The van der Waals surface area contributed by atoms with Gasteiger partial charge in [0.25, 0.3) is 0 Å². The molecule has 0 spiro atoms. The molecule has 0 radical (unpaired) electrons. The minimum atomic E-state index is -0.343. The summed E-state index contributed by atoms with van der Waals surface area (Å²) >= 11 is 0. The van der Waals surface area contributed by atoms with Crippen LogP contribution in [-0.2, 0) is 6.42 Å². The first-order valence-corrected chi connectivity index (χ1v) is 6.87. The second-order valence-electron chi connectivity index (χ2n) is 4.40. The van der Waals surface area contributed by atoms with E-state index in [-0.39, 0.29) is 5.82 Å². The Balaban J connectivity index is 2.37. The molecule has 0 aliphatic carbocycles. The van der Waals surface area contributed by atoms with Crippen molar-refractivity contribution in [3.63, 3.8) is 0 Å². The third-order valence-electron chi connectivity index (χ3n) is 3.06. The lowest BCUT2D eigenvalue weighted by molar-refractivity contribution is 0.413. The number of aromatic nitrogens is 2. The Bertz CT molecular complexity index is 619. The van der Waals surface area contributed by atoms with Crippen LogP contribution in [0, 0.1) is 5.82 Å². The second-order valence-corrected chi connectivity index (χ2v) is 4.40. The van der Waals surface area contributed by atoms with E-state index in [0.717, 1.165) is 24.3 Å². The molecule has 6 heteroatoms. The molecule has 5 nitrogen and oxygen atoms in total. The third-order valence-corrected chi connectivity index (χ3v) is 3.06. The Kier molecular flexibility index (Phi) is 4.92. The van der Waals surface area contributed by atoms with Gasteiger partial charge in [0.05, 0.1) is 12.8 Å². The lowest BCUT2D eigenvalue weighted by Crippen LogP contribution is -2.08. The van der Waals surface area contributed by atoms with E-state index in [1.54, 1.807) is 6.07 Å². The zero-order valence-electron chi connectivity index (χ0n) is 12.4. The van der Waals surface area contributed by atoms with Crippen LogP contribution in [-0.4, -0.2) is 23.6 Å². The molecule has 2 aromatic rings. The highest BCUT2D eigenvalue weighted by Crippen LogP contribution is 2.30. The first-order valence-electron chi connectivity index (χ1n) is 6.87. The van der Waals surface area contributed by atoms with Gasteiger partial charge in [0.1, 0.15) is 29.5 Å². The van der Waals surface area contributed by atoms with Gasteiger partial charge in [-0.3, -0.25) is 0 Å². The smallest absolute Gasteiger partial charge is 0.145 e. The first kappa shape index (κ1) is 15.0. The van der Waals surface area contributed by atoms with Gasteiger partial charge < -0.3 is 15.4 Å². The van der Waals surface area contributed by atoms with Crippen molar-refractivity contribution in [3.8, 4) is 5.75 Å². The summed E-state index contributed by atoms with van der Waals surface area (Å²) in [6, 6.07) is 4.34. The summed E-state index contributed by atoms with van der Waals surface area (Å²) in [6.07, 6.45) is 2.27. The highest BCUT2D eigenvalue weighted by atomic mass is 19.1. The average Bonchev–Trinajstić information content (AvgIpc) is 2.49. The molecule has 0 fully saturated rings. The molecule has 0 amide bonds. The molecule has 112 valence electrons. The van der Waals surface area contributed by atoms with E-state index in [4.69, 9.17) is 4.74 Å². The number of nitrogens with one attached hydrogen (secondary N) is 2. The van der Waals surface area contributed by atoms with Crippen molar-refractivity contribution >= 4 is 17.3 Å². The van der Waals surface area contributed by atoms with Gasteiger partial charge in [-0.2, -0.15) is 0 Å². The average molecular weight is 290 g/mol. The summed E-state index contributed by atoms with van der Waals surface area (Å²) in [5, 5.41) is 6.39. The van der Waals surface area contributed by atoms with Gasteiger partial charge >= 0.3 is 0 Å². The molecular formula is C15H19FN4O. The fourth-order valence-electron chi connectivity index (χ4n) is 2.07. The number of halogens is 1. The van der Waals surface area contributed by atoms with Gasteiger partial charge in [0.15, 0.2) is 0 Å². The lowest BCUT2D eigenvalue weighted by atomic mass is 10.2. The van der Waals surface area contributed by atoms with Gasteiger partial charge in [-0.1, -0.05) is 6.92 Å². The summed E-state index contributed by atoms with van der Waals surface area (Å²) < 4.78 is 18.4. The van der Waals surface area contributed by atoms with Crippen LogP contribution in [0.25, 0.3) is 0 Å². The summed E-state index contributed by atoms with van der Waals surface area (Å²) in [4.78, 5) is 8.52. The van der Waals surface area contributed by atoms with Crippen molar-refractivity contribution in [1.29, 1.82) is 0 Å². The molecule has 0 aliphatic rings. The van der Waals surface area contributed by atoms with Crippen LogP contribution in [0.15, 0.2) is 24.5 Å². The molecular weight excluding hydrogens is 271 g/mol. The van der Waals surface area contributed by atoms with E-state index in [1.807, 2.05) is 13.8 Å². The number of methoxy groups -OCH3 is 1. The number of nitrogens with zero attached hydrogens (tertiary/aromatic N) is 2. The van der Waals surface area contributed by atoms with Crippen LogP contribution in [0.4, 0.5) is 21.7 Å². The van der Waals surface area contributed by atoms with Crippen molar-refractivity contribution in [2.75, 3.05) is 24.3 Å². The molecule has 1 heterocycles. The summed E-state index contributed by atoms with van der Waals surface area (Å²) in [5.74, 6) is 1.58. The Labute approximate surface area is 123 Å². The second kappa shape index (κ2) is 6.88. The normalized spacial score (nSPS) is 10.3. The highest BCUT2D eigenvalue weighted by Gasteiger charge is 2.12. The number of benzene rings is 1. The van der Waals surface area contributed by atoms with Crippen molar-refractivity contribution in [2.24, 2.45) is 0 Å². The van der Waals surface area contributed by atoms with Crippen molar-refractivity contribution in [2.45, 2.75) is 20.3 Å². The van der Waals surface area contributed by atoms with E-state index in [2.05, 4.69) is 20.6 Å².